The molecule has 7 nitrogen and oxygen atoms in total. The second kappa shape index (κ2) is 6.82. The van der Waals surface area contributed by atoms with Gasteiger partial charge in [0.1, 0.15) is 4.90 Å². The van der Waals surface area contributed by atoms with E-state index in [4.69, 9.17) is 5.11 Å². The Morgan fingerprint density at radius 2 is 2.00 bits per heavy atom. The predicted molar refractivity (Wildman–Crippen MR) is 85.7 cm³/mol. The fourth-order valence-electron chi connectivity index (χ4n) is 2.22. The minimum Gasteiger partial charge on any atom is -0.481 e. The highest BCUT2D eigenvalue weighted by Crippen LogP contribution is 2.19. The summed E-state index contributed by atoms with van der Waals surface area (Å²) >= 11 is 0. The lowest BCUT2D eigenvalue weighted by atomic mass is 9.97. The second-order valence-corrected chi connectivity index (χ2v) is 6.96. The monoisotopic (exact) mass is 337 g/mol. The van der Waals surface area contributed by atoms with Crippen LogP contribution in [0.15, 0.2) is 35.4 Å². The number of hydrogen-bond donors (Lipinski definition) is 3. The van der Waals surface area contributed by atoms with Crippen molar-refractivity contribution in [2.24, 2.45) is 5.92 Å². The van der Waals surface area contributed by atoms with E-state index < -0.39 is 21.9 Å². The first-order valence-electron chi connectivity index (χ1n) is 7.18. The molecule has 0 fully saturated rings. The van der Waals surface area contributed by atoms with Crippen molar-refractivity contribution in [3.05, 3.63) is 41.7 Å². The van der Waals surface area contributed by atoms with E-state index in [0.717, 1.165) is 5.56 Å². The summed E-state index contributed by atoms with van der Waals surface area (Å²) < 4.78 is 26.9. The van der Waals surface area contributed by atoms with Crippen molar-refractivity contribution in [3.63, 3.8) is 0 Å². The molecule has 0 aliphatic carbocycles. The number of hydrogen-bond acceptors (Lipinski definition) is 4. The maximum absolute atomic E-state index is 12.2. The summed E-state index contributed by atoms with van der Waals surface area (Å²) in [5.41, 5.74) is 1.72. The Labute approximate surface area is 134 Å². The number of nitrogens with zero attached hydrogens (tertiary/aromatic N) is 1. The van der Waals surface area contributed by atoms with Crippen LogP contribution in [0.5, 0.6) is 0 Å². The van der Waals surface area contributed by atoms with Crippen LogP contribution in [0, 0.1) is 12.8 Å². The normalized spacial score (nSPS) is 12.8. The number of nitrogens with one attached hydrogen (secondary N) is 2. The number of aromatic amines is 1. The van der Waals surface area contributed by atoms with Gasteiger partial charge in [-0.2, -0.15) is 5.10 Å². The van der Waals surface area contributed by atoms with Gasteiger partial charge in [-0.3, -0.25) is 14.6 Å². The number of aliphatic carboxylic acids is 1. The molecule has 0 saturated heterocycles. The zero-order valence-electron chi connectivity index (χ0n) is 12.9. The third kappa shape index (κ3) is 4.10. The van der Waals surface area contributed by atoms with Gasteiger partial charge in [-0.25, -0.2) is 8.42 Å². The van der Waals surface area contributed by atoms with Crippen molar-refractivity contribution in [3.8, 4) is 0 Å². The number of benzene rings is 1. The Morgan fingerprint density at radius 1 is 1.35 bits per heavy atom. The molecule has 0 radical (unpaired) electrons. The number of aryl methyl sites for hydroxylation is 1. The third-order valence-corrected chi connectivity index (χ3v) is 5.10. The molecule has 2 aromatic rings. The molecule has 1 heterocycles. The van der Waals surface area contributed by atoms with Crippen molar-refractivity contribution < 1.29 is 18.3 Å². The van der Waals surface area contributed by atoms with Crippen LogP contribution in [0.1, 0.15) is 24.6 Å². The number of carbonyl (C=O) groups is 1. The van der Waals surface area contributed by atoms with Crippen molar-refractivity contribution in [2.75, 3.05) is 4.72 Å². The minimum absolute atomic E-state index is 0.0958. The second-order valence-electron chi connectivity index (χ2n) is 5.31. The Hall–Kier alpha value is -2.35. The molecule has 1 atom stereocenters. The molecule has 0 aliphatic rings. The first kappa shape index (κ1) is 17.0. The zero-order valence-corrected chi connectivity index (χ0v) is 13.7. The van der Waals surface area contributed by atoms with E-state index in [0.29, 0.717) is 24.2 Å². The van der Waals surface area contributed by atoms with Crippen molar-refractivity contribution in [1.82, 2.24) is 10.2 Å². The molecule has 2 rings (SSSR count). The van der Waals surface area contributed by atoms with Gasteiger partial charge in [0.2, 0.25) is 0 Å². The number of sulfonamides is 1. The summed E-state index contributed by atoms with van der Waals surface area (Å²) in [5, 5.41) is 15.4. The van der Waals surface area contributed by atoms with Crippen LogP contribution in [0.25, 0.3) is 0 Å². The van der Waals surface area contributed by atoms with Crippen molar-refractivity contribution >= 4 is 21.7 Å². The molecular weight excluding hydrogens is 318 g/mol. The van der Waals surface area contributed by atoms with E-state index in [-0.39, 0.29) is 4.90 Å². The fourth-order valence-corrected chi connectivity index (χ4v) is 3.42. The molecule has 23 heavy (non-hydrogen) atoms. The summed E-state index contributed by atoms with van der Waals surface area (Å²) in [6, 6.07) is 6.70. The van der Waals surface area contributed by atoms with Gasteiger partial charge in [0.15, 0.2) is 0 Å². The molecule has 3 N–H and O–H groups in total. The lowest BCUT2D eigenvalue weighted by Crippen LogP contribution is -2.15. The highest BCUT2D eigenvalue weighted by Gasteiger charge is 2.19. The van der Waals surface area contributed by atoms with E-state index >= 15 is 0 Å². The smallest absolute Gasteiger partial charge is 0.306 e. The summed E-state index contributed by atoms with van der Waals surface area (Å²) in [6.07, 6.45) is 2.22. The Balaban J connectivity index is 2.11. The average molecular weight is 337 g/mol. The first-order chi connectivity index (χ1) is 10.8. The lowest BCUT2D eigenvalue weighted by molar-refractivity contribution is -0.141. The quantitative estimate of drug-likeness (QED) is 0.717. The molecule has 1 aromatic carbocycles. The molecule has 124 valence electrons. The Kier molecular flexibility index (Phi) is 5.05. The summed E-state index contributed by atoms with van der Waals surface area (Å²) in [7, 11) is -3.69. The maximum Gasteiger partial charge on any atom is 0.306 e. The standard InChI is InChI=1S/C15H19N3O4S/c1-3-12(15(19)20)8-11-4-6-13(7-5-11)18-23(21,22)14-9-16-17-10(14)2/h4-7,9,12,18H,3,8H2,1-2H3,(H,16,17)(H,19,20). The highest BCUT2D eigenvalue weighted by atomic mass is 32.2. The van der Waals surface area contributed by atoms with Gasteiger partial charge >= 0.3 is 5.97 Å². The van der Waals surface area contributed by atoms with Crippen LogP contribution in [-0.2, 0) is 21.2 Å². The maximum atomic E-state index is 12.2. The van der Waals surface area contributed by atoms with Gasteiger partial charge in [0, 0.05) is 5.69 Å². The van der Waals surface area contributed by atoms with Gasteiger partial charge in [-0.15, -0.1) is 0 Å². The van der Waals surface area contributed by atoms with Gasteiger partial charge in [-0.05, 0) is 37.5 Å². The molecule has 8 heteroatoms. The van der Waals surface area contributed by atoms with Crippen LogP contribution in [0.4, 0.5) is 5.69 Å². The SMILES string of the molecule is CCC(Cc1ccc(NS(=O)(=O)c2cn[nH]c2C)cc1)C(=O)O. The van der Waals surface area contributed by atoms with Gasteiger partial charge < -0.3 is 5.11 Å². The lowest BCUT2D eigenvalue weighted by Gasteiger charge is -2.11. The van der Waals surface area contributed by atoms with Crippen LogP contribution in [-0.4, -0.2) is 29.7 Å². The molecule has 0 amide bonds. The number of H-pyrrole nitrogens is 1. The number of carboxylic acids is 1. The van der Waals surface area contributed by atoms with E-state index in [1.807, 2.05) is 6.92 Å². The van der Waals surface area contributed by atoms with Crippen LogP contribution < -0.4 is 4.72 Å². The number of carboxylic acid groups (broad SMARTS) is 1. The topological polar surface area (TPSA) is 112 Å². The van der Waals surface area contributed by atoms with Gasteiger partial charge in [0.05, 0.1) is 17.8 Å². The highest BCUT2D eigenvalue weighted by molar-refractivity contribution is 7.92. The minimum atomic E-state index is -3.69. The molecule has 0 bridgehead atoms. The molecular formula is C15H19N3O4S. The van der Waals surface area contributed by atoms with Crippen molar-refractivity contribution in [1.29, 1.82) is 0 Å². The molecule has 1 unspecified atom stereocenters. The summed E-state index contributed by atoms with van der Waals surface area (Å²) in [4.78, 5) is 11.1. The Morgan fingerprint density at radius 3 is 2.48 bits per heavy atom. The molecule has 1 aromatic heterocycles. The number of aromatic nitrogens is 2. The van der Waals surface area contributed by atoms with Gasteiger partial charge in [-0.1, -0.05) is 19.1 Å². The van der Waals surface area contributed by atoms with Gasteiger partial charge in [0.25, 0.3) is 10.0 Å². The molecule has 0 aliphatic heterocycles. The predicted octanol–water partition coefficient (Wildman–Crippen LogP) is 2.17. The van der Waals surface area contributed by atoms with E-state index in [2.05, 4.69) is 14.9 Å². The van der Waals surface area contributed by atoms with Crippen molar-refractivity contribution in [2.45, 2.75) is 31.6 Å². The van der Waals surface area contributed by atoms with E-state index in [9.17, 15) is 13.2 Å². The van der Waals surface area contributed by atoms with Crippen LogP contribution >= 0.6 is 0 Å². The fraction of sp³-hybridized carbons (Fsp3) is 0.333. The van der Waals surface area contributed by atoms with Crippen LogP contribution in [0.2, 0.25) is 0 Å². The largest absolute Gasteiger partial charge is 0.481 e. The molecule has 0 saturated carbocycles. The zero-order chi connectivity index (χ0) is 17.0. The molecule has 0 spiro atoms. The summed E-state index contributed by atoms with van der Waals surface area (Å²) in [5.74, 6) is -1.26. The average Bonchev–Trinajstić information content (AvgIpc) is 2.93. The van der Waals surface area contributed by atoms with Crippen LogP contribution in [0.3, 0.4) is 0 Å². The number of rotatable bonds is 7. The third-order valence-electron chi connectivity index (χ3n) is 3.60. The Bertz CT molecular complexity index is 781. The first-order valence-corrected chi connectivity index (χ1v) is 8.66. The number of anilines is 1. The summed E-state index contributed by atoms with van der Waals surface area (Å²) in [6.45, 7) is 3.45. The van der Waals surface area contributed by atoms with E-state index in [1.165, 1.54) is 6.20 Å². The van der Waals surface area contributed by atoms with E-state index in [1.54, 1.807) is 31.2 Å².